The molecular weight excluding hydrogens is 502 g/mol. The highest BCUT2D eigenvalue weighted by Crippen LogP contribution is 2.28. The van der Waals surface area contributed by atoms with E-state index in [-0.39, 0.29) is 30.9 Å². The number of piperazine rings is 1. The molecule has 2 aromatic rings. The van der Waals surface area contributed by atoms with E-state index in [1.807, 2.05) is 30.3 Å². The van der Waals surface area contributed by atoms with Crippen LogP contribution in [0.15, 0.2) is 48.5 Å². The molecule has 1 aliphatic rings. The Morgan fingerprint density at radius 1 is 0.846 bits per heavy atom. The Balaban J connectivity index is 1.97. The Bertz CT molecular complexity index is 1220. The number of nitrogens with zero attached hydrogens (tertiary/aromatic N) is 2. The number of nitrogens with one attached hydrogen (secondary N) is 1. The Morgan fingerprint density at radius 2 is 1.49 bits per heavy atom. The van der Waals surface area contributed by atoms with E-state index in [2.05, 4.69) is 5.32 Å². The van der Waals surface area contributed by atoms with Gasteiger partial charge in [-0.05, 0) is 64.8 Å². The van der Waals surface area contributed by atoms with Crippen LogP contribution < -0.4 is 5.32 Å². The van der Waals surface area contributed by atoms with E-state index in [0.29, 0.717) is 0 Å². The molecule has 2 aromatic carbocycles. The predicted octanol–water partition coefficient (Wildman–Crippen LogP) is 4.94. The van der Waals surface area contributed by atoms with E-state index >= 15 is 0 Å². The first-order valence-electron chi connectivity index (χ1n) is 12.7. The fraction of sp³-hybridized carbons (Fsp3) is 0.448. The second kappa shape index (κ2) is 11.8. The molecule has 3 amide bonds. The lowest BCUT2D eigenvalue weighted by molar-refractivity contribution is -0.147. The lowest BCUT2D eigenvalue weighted by Crippen LogP contribution is -2.60. The second-order valence-corrected chi connectivity index (χ2v) is 11.2. The Hall–Kier alpha value is -4.08. The van der Waals surface area contributed by atoms with Gasteiger partial charge >= 0.3 is 18.2 Å². The number of amides is 3. The van der Waals surface area contributed by atoms with Crippen molar-refractivity contribution in [3.05, 3.63) is 54.1 Å². The fourth-order valence-electron chi connectivity index (χ4n) is 4.06. The zero-order chi connectivity index (χ0) is 29.0. The molecule has 0 bridgehead atoms. The van der Waals surface area contributed by atoms with Gasteiger partial charge in [0.15, 0.2) is 0 Å². The van der Waals surface area contributed by atoms with E-state index in [9.17, 15) is 19.2 Å². The molecule has 0 saturated carbocycles. The third kappa shape index (κ3) is 7.95. The Morgan fingerprint density at radius 3 is 2.08 bits per heavy atom. The third-order valence-corrected chi connectivity index (χ3v) is 5.76. The van der Waals surface area contributed by atoms with Crippen LogP contribution in [0.4, 0.5) is 15.3 Å². The van der Waals surface area contributed by atoms with Crippen LogP contribution in [0, 0.1) is 0 Å². The molecule has 210 valence electrons. The molecule has 3 rings (SSSR count). The number of rotatable bonds is 4. The van der Waals surface area contributed by atoms with Crippen LogP contribution in [-0.4, -0.2) is 77.9 Å². The van der Waals surface area contributed by atoms with E-state index < -0.39 is 41.3 Å². The van der Waals surface area contributed by atoms with Gasteiger partial charge in [-0.25, -0.2) is 14.4 Å². The molecule has 1 atom stereocenters. The molecule has 10 heteroatoms. The van der Waals surface area contributed by atoms with Gasteiger partial charge in [0.25, 0.3) is 5.91 Å². The van der Waals surface area contributed by atoms with E-state index in [1.54, 1.807) is 59.7 Å². The van der Waals surface area contributed by atoms with Crippen molar-refractivity contribution < 1.29 is 33.4 Å². The van der Waals surface area contributed by atoms with Gasteiger partial charge in [0.05, 0.1) is 24.9 Å². The summed E-state index contributed by atoms with van der Waals surface area (Å²) in [6.45, 7) is 10.6. The molecule has 1 N–H and O–H groups in total. The van der Waals surface area contributed by atoms with Crippen LogP contribution in [0.5, 0.6) is 0 Å². The van der Waals surface area contributed by atoms with Crippen molar-refractivity contribution in [1.29, 1.82) is 0 Å². The van der Waals surface area contributed by atoms with Crippen molar-refractivity contribution in [3.63, 3.8) is 0 Å². The maximum Gasteiger partial charge on any atom is 0.412 e. The maximum absolute atomic E-state index is 14.0. The van der Waals surface area contributed by atoms with Crippen molar-refractivity contribution in [2.45, 2.75) is 58.8 Å². The SMILES string of the molecule is COC(=O)[C@H]1CN(C(=O)OC(C)(C)C)CCN1C(=O)c1cc(-c2ccccc2)ccc1NC(=O)OC(C)(C)C. The fourth-order valence-corrected chi connectivity index (χ4v) is 4.06. The Kier molecular flexibility index (Phi) is 8.88. The average Bonchev–Trinajstić information content (AvgIpc) is 2.86. The van der Waals surface area contributed by atoms with Gasteiger partial charge in [-0.15, -0.1) is 0 Å². The third-order valence-electron chi connectivity index (χ3n) is 5.76. The standard InChI is InChI=1S/C29H37N3O7/c1-28(2,3)38-26(35)30-22-14-13-20(19-11-9-8-10-12-19)17-21(22)24(33)32-16-15-31(18-23(32)25(34)37-7)27(36)39-29(4,5)6/h8-14,17,23H,15-16,18H2,1-7H3,(H,30,35)/t23-/m1/s1. The molecule has 0 spiro atoms. The zero-order valence-corrected chi connectivity index (χ0v) is 23.6. The lowest BCUT2D eigenvalue weighted by atomic mass is 10.00. The van der Waals surface area contributed by atoms with Crippen LogP contribution in [0.3, 0.4) is 0 Å². The number of esters is 1. The van der Waals surface area contributed by atoms with Crippen LogP contribution in [0.25, 0.3) is 11.1 Å². The summed E-state index contributed by atoms with van der Waals surface area (Å²) in [6, 6.07) is 13.5. The largest absolute Gasteiger partial charge is 0.467 e. The van der Waals surface area contributed by atoms with Gasteiger partial charge in [-0.1, -0.05) is 36.4 Å². The number of benzene rings is 2. The summed E-state index contributed by atoms with van der Waals surface area (Å²) in [6.07, 6.45) is -1.30. The second-order valence-electron chi connectivity index (χ2n) is 11.2. The highest BCUT2D eigenvalue weighted by molar-refractivity contribution is 6.05. The summed E-state index contributed by atoms with van der Waals surface area (Å²) in [5, 5.41) is 2.67. The predicted molar refractivity (Wildman–Crippen MR) is 146 cm³/mol. The van der Waals surface area contributed by atoms with Gasteiger partial charge < -0.3 is 24.0 Å². The minimum absolute atomic E-state index is 0.0548. The molecule has 39 heavy (non-hydrogen) atoms. The smallest absolute Gasteiger partial charge is 0.412 e. The number of hydrogen-bond donors (Lipinski definition) is 1. The summed E-state index contributed by atoms with van der Waals surface area (Å²) < 4.78 is 15.8. The van der Waals surface area contributed by atoms with Gasteiger partial charge in [-0.3, -0.25) is 10.1 Å². The number of hydrogen-bond acceptors (Lipinski definition) is 7. The van der Waals surface area contributed by atoms with Crippen LogP contribution >= 0.6 is 0 Å². The quantitative estimate of drug-likeness (QED) is 0.433. The minimum Gasteiger partial charge on any atom is -0.467 e. The van der Waals surface area contributed by atoms with Crippen LogP contribution in [0.2, 0.25) is 0 Å². The molecule has 10 nitrogen and oxygen atoms in total. The van der Waals surface area contributed by atoms with Gasteiger partial charge in [-0.2, -0.15) is 0 Å². The van der Waals surface area contributed by atoms with Crippen molar-refractivity contribution in [2.24, 2.45) is 0 Å². The average molecular weight is 540 g/mol. The summed E-state index contributed by atoms with van der Waals surface area (Å²) >= 11 is 0. The Labute approximate surface area is 229 Å². The molecule has 1 fully saturated rings. The molecule has 0 radical (unpaired) electrons. The van der Waals surface area contributed by atoms with Gasteiger partial charge in [0.2, 0.25) is 0 Å². The summed E-state index contributed by atoms with van der Waals surface area (Å²) in [4.78, 5) is 54.8. The minimum atomic E-state index is -1.07. The lowest BCUT2D eigenvalue weighted by Gasteiger charge is -2.40. The molecule has 0 aliphatic carbocycles. The molecule has 0 aromatic heterocycles. The molecule has 1 heterocycles. The molecule has 1 saturated heterocycles. The normalized spacial score (nSPS) is 15.8. The van der Waals surface area contributed by atoms with Crippen molar-refractivity contribution in [3.8, 4) is 11.1 Å². The zero-order valence-electron chi connectivity index (χ0n) is 23.6. The highest BCUT2D eigenvalue weighted by atomic mass is 16.6. The summed E-state index contributed by atoms with van der Waals surface area (Å²) in [5.74, 6) is -1.17. The molecule has 0 unspecified atom stereocenters. The molecular formula is C29H37N3O7. The van der Waals surface area contributed by atoms with Crippen molar-refractivity contribution >= 4 is 29.8 Å². The first-order chi connectivity index (χ1) is 18.2. The van der Waals surface area contributed by atoms with Crippen LogP contribution in [-0.2, 0) is 19.0 Å². The maximum atomic E-state index is 14.0. The summed E-state index contributed by atoms with van der Waals surface area (Å²) in [7, 11) is 1.23. The van der Waals surface area contributed by atoms with E-state index in [0.717, 1.165) is 11.1 Å². The van der Waals surface area contributed by atoms with E-state index in [4.69, 9.17) is 14.2 Å². The van der Waals surface area contributed by atoms with Crippen LogP contribution in [0.1, 0.15) is 51.9 Å². The molecule has 1 aliphatic heterocycles. The van der Waals surface area contributed by atoms with Gasteiger partial charge in [0.1, 0.15) is 17.2 Å². The van der Waals surface area contributed by atoms with Crippen molar-refractivity contribution in [1.82, 2.24) is 9.80 Å². The number of anilines is 1. The van der Waals surface area contributed by atoms with Crippen molar-refractivity contribution in [2.75, 3.05) is 32.1 Å². The topological polar surface area (TPSA) is 114 Å². The first kappa shape index (κ1) is 29.5. The highest BCUT2D eigenvalue weighted by Gasteiger charge is 2.40. The monoisotopic (exact) mass is 539 g/mol. The number of carbonyl (C=O) groups excluding carboxylic acids is 4. The number of ether oxygens (including phenoxy) is 3. The summed E-state index contributed by atoms with van der Waals surface area (Å²) in [5.41, 5.74) is 0.552. The van der Waals surface area contributed by atoms with E-state index in [1.165, 1.54) is 16.9 Å². The first-order valence-corrected chi connectivity index (χ1v) is 12.7. The van der Waals surface area contributed by atoms with Gasteiger partial charge in [0, 0.05) is 13.1 Å². The number of carbonyl (C=O) groups is 4. The number of methoxy groups -OCH3 is 1.